The maximum Gasteiger partial charge on any atom is 0.311 e. The van der Waals surface area contributed by atoms with Crippen LogP contribution >= 0.6 is 0 Å². The van der Waals surface area contributed by atoms with Crippen molar-refractivity contribution in [2.75, 3.05) is 18.8 Å². The highest BCUT2D eigenvalue weighted by Gasteiger charge is 2.56. The minimum absolute atomic E-state index is 0.00305. The molecule has 1 aliphatic carbocycles. The van der Waals surface area contributed by atoms with Crippen molar-refractivity contribution in [3.8, 4) is 0 Å². The molecule has 1 heterocycles. The van der Waals surface area contributed by atoms with Crippen molar-refractivity contribution in [3.63, 3.8) is 0 Å². The van der Waals surface area contributed by atoms with Crippen molar-refractivity contribution in [1.29, 1.82) is 0 Å². The largest absolute Gasteiger partial charge is 0.481 e. The zero-order valence-electron chi connectivity index (χ0n) is 11.6. The predicted octanol–water partition coefficient (Wildman–Crippen LogP) is 1.55. The molecule has 1 saturated carbocycles. The first-order chi connectivity index (χ1) is 8.82. The zero-order valence-corrected chi connectivity index (χ0v) is 12.4. The Kier molecular flexibility index (Phi) is 3.93. The molecular weight excluding hydrogens is 266 g/mol. The first-order valence-corrected chi connectivity index (χ1v) is 8.64. The van der Waals surface area contributed by atoms with E-state index in [1.165, 1.54) is 4.31 Å². The van der Waals surface area contributed by atoms with Crippen LogP contribution in [0.1, 0.15) is 39.5 Å². The molecule has 2 aliphatic rings. The molecule has 2 rings (SSSR count). The van der Waals surface area contributed by atoms with Gasteiger partial charge in [0.25, 0.3) is 0 Å². The summed E-state index contributed by atoms with van der Waals surface area (Å²) in [6.07, 6.45) is 3.17. The Bertz CT molecular complexity index is 461. The molecule has 1 saturated heterocycles. The van der Waals surface area contributed by atoms with Gasteiger partial charge in [0, 0.05) is 13.1 Å². The second-order valence-corrected chi connectivity index (χ2v) is 8.15. The highest BCUT2D eigenvalue weighted by Crippen LogP contribution is 2.49. The number of carboxylic acid groups (broad SMARTS) is 1. The summed E-state index contributed by atoms with van der Waals surface area (Å²) in [5.74, 6) is -0.578. The second kappa shape index (κ2) is 5.05. The van der Waals surface area contributed by atoms with Gasteiger partial charge < -0.3 is 5.11 Å². The lowest BCUT2D eigenvalue weighted by atomic mass is 9.81. The van der Waals surface area contributed by atoms with Crippen molar-refractivity contribution in [1.82, 2.24) is 4.31 Å². The van der Waals surface area contributed by atoms with E-state index in [4.69, 9.17) is 0 Å². The number of aliphatic carboxylic acids is 1. The molecule has 110 valence electrons. The van der Waals surface area contributed by atoms with Gasteiger partial charge in [-0.05, 0) is 24.7 Å². The van der Waals surface area contributed by atoms with Crippen LogP contribution in [0.15, 0.2) is 0 Å². The number of nitrogens with zero attached hydrogens (tertiary/aromatic N) is 1. The highest BCUT2D eigenvalue weighted by atomic mass is 32.2. The van der Waals surface area contributed by atoms with E-state index >= 15 is 0 Å². The molecule has 1 aliphatic heterocycles. The van der Waals surface area contributed by atoms with Crippen LogP contribution in [-0.2, 0) is 14.8 Å². The maximum atomic E-state index is 12.3. The lowest BCUT2D eigenvalue weighted by Gasteiger charge is -2.23. The number of fused-ring (bicyclic) bond motifs is 1. The van der Waals surface area contributed by atoms with E-state index < -0.39 is 21.4 Å². The molecule has 0 spiro atoms. The average molecular weight is 289 g/mol. The molecule has 5 nitrogen and oxygen atoms in total. The Morgan fingerprint density at radius 3 is 2.74 bits per heavy atom. The third-order valence-electron chi connectivity index (χ3n) is 4.85. The molecule has 0 radical (unpaired) electrons. The predicted molar refractivity (Wildman–Crippen MR) is 72.2 cm³/mol. The smallest absolute Gasteiger partial charge is 0.311 e. The summed E-state index contributed by atoms with van der Waals surface area (Å²) in [7, 11) is -3.32. The minimum Gasteiger partial charge on any atom is -0.481 e. The fourth-order valence-corrected chi connectivity index (χ4v) is 5.39. The number of carbonyl (C=O) groups is 1. The lowest BCUT2D eigenvalue weighted by Crippen LogP contribution is -2.38. The molecular formula is C13H23NO4S. The molecule has 0 aromatic heterocycles. The summed E-state index contributed by atoms with van der Waals surface area (Å²) in [4.78, 5) is 11.5. The SMILES string of the molecule is CCC(C)CS(=O)(=O)N1C[C@@H]2CCC[C@@]2(C(=O)O)C1. The van der Waals surface area contributed by atoms with Crippen molar-refractivity contribution in [2.24, 2.45) is 17.3 Å². The van der Waals surface area contributed by atoms with Crippen molar-refractivity contribution in [2.45, 2.75) is 39.5 Å². The normalized spacial score (nSPS) is 33.3. The zero-order chi connectivity index (χ0) is 14.3. The maximum absolute atomic E-state index is 12.3. The van der Waals surface area contributed by atoms with E-state index in [0.29, 0.717) is 13.0 Å². The highest BCUT2D eigenvalue weighted by molar-refractivity contribution is 7.89. The fourth-order valence-electron chi connectivity index (χ4n) is 3.39. The van der Waals surface area contributed by atoms with E-state index in [2.05, 4.69) is 0 Å². The van der Waals surface area contributed by atoms with Crippen LogP contribution in [0, 0.1) is 17.3 Å². The van der Waals surface area contributed by atoms with Crippen LogP contribution in [-0.4, -0.2) is 42.6 Å². The van der Waals surface area contributed by atoms with Gasteiger partial charge in [-0.15, -0.1) is 0 Å². The summed E-state index contributed by atoms with van der Waals surface area (Å²) in [5.41, 5.74) is -0.817. The molecule has 1 unspecified atom stereocenters. The van der Waals surface area contributed by atoms with Gasteiger partial charge in [-0.1, -0.05) is 26.7 Å². The van der Waals surface area contributed by atoms with Crippen LogP contribution in [0.25, 0.3) is 0 Å². The quantitative estimate of drug-likeness (QED) is 0.833. The Balaban J connectivity index is 2.16. The number of hydrogen-bond donors (Lipinski definition) is 1. The number of hydrogen-bond acceptors (Lipinski definition) is 3. The van der Waals surface area contributed by atoms with E-state index in [9.17, 15) is 18.3 Å². The van der Waals surface area contributed by atoms with Crippen molar-refractivity contribution in [3.05, 3.63) is 0 Å². The van der Waals surface area contributed by atoms with Crippen LogP contribution in [0.3, 0.4) is 0 Å². The van der Waals surface area contributed by atoms with E-state index in [1.54, 1.807) is 0 Å². The van der Waals surface area contributed by atoms with Crippen LogP contribution < -0.4 is 0 Å². The van der Waals surface area contributed by atoms with Gasteiger partial charge in [0.1, 0.15) is 0 Å². The molecule has 6 heteroatoms. The molecule has 0 aromatic rings. The van der Waals surface area contributed by atoms with Crippen molar-refractivity contribution >= 4 is 16.0 Å². The number of carboxylic acids is 1. The van der Waals surface area contributed by atoms with Gasteiger partial charge in [0.15, 0.2) is 0 Å². The topological polar surface area (TPSA) is 74.7 Å². The van der Waals surface area contributed by atoms with Gasteiger partial charge in [0.2, 0.25) is 10.0 Å². The van der Waals surface area contributed by atoms with Crippen LogP contribution in [0.2, 0.25) is 0 Å². The molecule has 0 aromatic carbocycles. The summed E-state index contributed by atoms with van der Waals surface area (Å²) in [6.45, 7) is 4.45. The lowest BCUT2D eigenvalue weighted by molar-refractivity contribution is -0.149. The summed E-state index contributed by atoms with van der Waals surface area (Å²) < 4.78 is 26.1. The number of sulfonamides is 1. The van der Waals surface area contributed by atoms with Crippen molar-refractivity contribution < 1.29 is 18.3 Å². The molecule has 3 atom stereocenters. The first kappa shape index (κ1) is 14.8. The molecule has 19 heavy (non-hydrogen) atoms. The first-order valence-electron chi connectivity index (χ1n) is 7.03. The van der Waals surface area contributed by atoms with E-state index in [-0.39, 0.29) is 24.1 Å². The third-order valence-corrected chi connectivity index (χ3v) is 6.91. The fraction of sp³-hybridized carbons (Fsp3) is 0.923. The number of rotatable bonds is 5. The second-order valence-electron chi connectivity index (χ2n) is 6.13. The van der Waals surface area contributed by atoms with Crippen LogP contribution in [0.4, 0.5) is 0 Å². The average Bonchev–Trinajstić information content (AvgIpc) is 2.85. The van der Waals surface area contributed by atoms with Gasteiger partial charge in [0.05, 0.1) is 11.2 Å². The standard InChI is InChI=1S/C13H23NO4S/c1-3-10(2)8-19(17,18)14-7-11-5-4-6-13(11,9-14)12(15)16/h10-11H,3-9H2,1-2H3,(H,15,16)/t10?,11-,13+/m0/s1. The molecule has 0 amide bonds. The van der Waals surface area contributed by atoms with Gasteiger partial charge in [-0.2, -0.15) is 0 Å². The van der Waals surface area contributed by atoms with E-state index in [1.807, 2.05) is 13.8 Å². The molecule has 1 N–H and O–H groups in total. The summed E-state index contributed by atoms with van der Waals surface area (Å²) >= 11 is 0. The van der Waals surface area contributed by atoms with Crippen LogP contribution in [0.5, 0.6) is 0 Å². The Morgan fingerprint density at radius 2 is 2.21 bits per heavy atom. The minimum atomic E-state index is -3.32. The summed E-state index contributed by atoms with van der Waals surface area (Å²) in [6, 6.07) is 0. The van der Waals surface area contributed by atoms with Gasteiger partial charge >= 0.3 is 5.97 Å². The Labute approximate surface area is 115 Å². The Morgan fingerprint density at radius 1 is 1.53 bits per heavy atom. The summed E-state index contributed by atoms with van der Waals surface area (Å²) in [5, 5.41) is 9.46. The van der Waals surface area contributed by atoms with Gasteiger partial charge in [-0.25, -0.2) is 12.7 Å². The molecule has 0 bridgehead atoms. The van der Waals surface area contributed by atoms with E-state index in [0.717, 1.165) is 19.3 Å². The monoisotopic (exact) mass is 289 g/mol. The third kappa shape index (κ3) is 2.52. The Hall–Kier alpha value is -0.620. The molecule has 2 fully saturated rings. The van der Waals surface area contributed by atoms with Gasteiger partial charge in [-0.3, -0.25) is 4.79 Å².